The first-order valence-electron chi connectivity index (χ1n) is 13.6. The molecule has 2 atom stereocenters. The maximum atomic E-state index is 11.3. The molecule has 4 nitrogen and oxygen atoms in total. The van der Waals surface area contributed by atoms with Crippen LogP contribution in [0.4, 0.5) is 0 Å². The third-order valence-corrected chi connectivity index (χ3v) is 7.59. The summed E-state index contributed by atoms with van der Waals surface area (Å²) in [6.07, 6.45) is 5.56. The van der Waals surface area contributed by atoms with Crippen molar-refractivity contribution in [3.63, 3.8) is 0 Å². The summed E-state index contributed by atoms with van der Waals surface area (Å²) in [5.41, 5.74) is 3.30. The smallest absolute Gasteiger partial charge is 0.335 e. The van der Waals surface area contributed by atoms with Crippen LogP contribution in [0.2, 0.25) is 0 Å². The van der Waals surface area contributed by atoms with Crippen molar-refractivity contribution in [1.29, 1.82) is 0 Å². The van der Waals surface area contributed by atoms with Crippen molar-refractivity contribution >= 4 is 16.7 Å². The lowest BCUT2D eigenvalue weighted by Crippen LogP contribution is -2.53. The molecule has 198 valence electrons. The largest absolute Gasteiger partial charge is 0.496 e. The molecule has 1 saturated heterocycles. The van der Waals surface area contributed by atoms with Gasteiger partial charge in [0.15, 0.2) is 0 Å². The van der Waals surface area contributed by atoms with E-state index in [0.29, 0.717) is 11.5 Å². The van der Waals surface area contributed by atoms with Gasteiger partial charge >= 0.3 is 5.97 Å². The van der Waals surface area contributed by atoms with Gasteiger partial charge in [-0.3, -0.25) is 0 Å². The van der Waals surface area contributed by atoms with Gasteiger partial charge in [0.25, 0.3) is 0 Å². The van der Waals surface area contributed by atoms with Crippen LogP contribution in [0.15, 0.2) is 54.6 Å². The van der Waals surface area contributed by atoms with Crippen molar-refractivity contribution in [3.8, 4) is 16.9 Å². The Balaban J connectivity index is 0.00000102. The van der Waals surface area contributed by atoms with Crippen molar-refractivity contribution in [2.24, 2.45) is 11.3 Å². The molecule has 4 heteroatoms. The molecule has 1 N–H and O–H groups in total. The summed E-state index contributed by atoms with van der Waals surface area (Å²) in [6, 6.07) is 17.9. The second-order valence-electron chi connectivity index (χ2n) is 12.4. The molecule has 37 heavy (non-hydrogen) atoms. The lowest BCUT2D eigenvalue weighted by Gasteiger charge is -2.56. The molecule has 1 aliphatic heterocycles. The van der Waals surface area contributed by atoms with E-state index in [4.69, 9.17) is 9.47 Å². The van der Waals surface area contributed by atoms with Gasteiger partial charge in [0.1, 0.15) is 5.75 Å². The fourth-order valence-corrected chi connectivity index (χ4v) is 6.79. The molecule has 0 aromatic heterocycles. The SMILES string of the molecule is CCC.COc1ccc(-c2ccc3cc(C(=O)O)ccc3c2)cc1C12CC(CC(C)(C)C1)CC(C)(C)O2. The van der Waals surface area contributed by atoms with Crippen LogP contribution in [0.3, 0.4) is 0 Å². The molecule has 0 radical (unpaired) electrons. The molecule has 2 bridgehead atoms. The number of ether oxygens (including phenoxy) is 2. The number of benzene rings is 3. The van der Waals surface area contributed by atoms with Crippen LogP contribution in [-0.4, -0.2) is 23.8 Å². The van der Waals surface area contributed by atoms with Crippen molar-refractivity contribution in [2.45, 2.75) is 84.8 Å². The molecule has 2 aliphatic rings. The number of hydrogen-bond acceptors (Lipinski definition) is 3. The molecular weight excluding hydrogens is 460 g/mol. The van der Waals surface area contributed by atoms with Crippen LogP contribution >= 0.6 is 0 Å². The van der Waals surface area contributed by atoms with E-state index >= 15 is 0 Å². The van der Waals surface area contributed by atoms with Crippen molar-refractivity contribution in [2.75, 3.05) is 7.11 Å². The summed E-state index contributed by atoms with van der Waals surface area (Å²) < 4.78 is 12.8. The van der Waals surface area contributed by atoms with Gasteiger partial charge in [0, 0.05) is 5.56 Å². The number of fused-ring (bicyclic) bond motifs is 3. The minimum atomic E-state index is -0.908. The quantitative estimate of drug-likeness (QED) is 0.387. The molecule has 1 aliphatic carbocycles. The maximum absolute atomic E-state index is 11.3. The Morgan fingerprint density at radius 2 is 1.54 bits per heavy atom. The molecule has 2 unspecified atom stereocenters. The second kappa shape index (κ2) is 10.1. The third-order valence-electron chi connectivity index (χ3n) is 7.59. The highest BCUT2D eigenvalue weighted by Gasteiger charge is 2.54. The highest BCUT2D eigenvalue weighted by Crippen LogP contribution is 2.59. The van der Waals surface area contributed by atoms with E-state index in [-0.39, 0.29) is 16.6 Å². The monoisotopic (exact) mass is 502 g/mol. The number of hydrogen-bond donors (Lipinski definition) is 1. The lowest BCUT2D eigenvalue weighted by atomic mass is 9.59. The summed E-state index contributed by atoms with van der Waals surface area (Å²) in [5, 5.41) is 11.2. The fraction of sp³-hybridized carbons (Fsp3) is 0.485. The molecule has 5 rings (SSSR count). The fourth-order valence-electron chi connectivity index (χ4n) is 6.79. The summed E-state index contributed by atoms with van der Waals surface area (Å²) in [7, 11) is 1.74. The Kier molecular flexibility index (Phi) is 7.45. The molecule has 2 fully saturated rings. The normalized spacial score (nSPS) is 23.6. The van der Waals surface area contributed by atoms with E-state index in [0.717, 1.165) is 52.5 Å². The molecular formula is C33H42O4. The second-order valence-corrected chi connectivity index (χ2v) is 12.4. The van der Waals surface area contributed by atoms with Gasteiger partial charge in [0.05, 0.1) is 23.9 Å². The molecule has 1 saturated carbocycles. The van der Waals surface area contributed by atoms with Gasteiger partial charge < -0.3 is 14.6 Å². The molecule has 1 heterocycles. The van der Waals surface area contributed by atoms with E-state index in [9.17, 15) is 9.90 Å². The first-order valence-corrected chi connectivity index (χ1v) is 13.6. The zero-order valence-electron chi connectivity index (χ0n) is 23.5. The summed E-state index contributed by atoms with van der Waals surface area (Å²) in [4.78, 5) is 11.3. The van der Waals surface area contributed by atoms with Crippen LogP contribution in [0.25, 0.3) is 21.9 Å². The number of methoxy groups -OCH3 is 1. The van der Waals surface area contributed by atoms with Crippen molar-refractivity contribution < 1.29 is 19.4 Å². The van der Waals surface area contributed by atoms with E-state index < -0.39 is 5.97 Å². The van der Waals surface area contributed by atoms with Crippen molar-refractivity contribution in [1.82, 2.24) is 0 Å². The highest BCUT2D eigenvalue weighted by molar-refractivity contribution is 5.95. The van der Waals surface area contributed by atoms with E-state index in [2.05, 4.69) is 71.9 Å². The van der Waals surface area contributed by atoms with E-state index in [1.54, 1.807) is 19.2 Å². The van der Waals surface area contributed by atoms with Crippen LogP contribution in [0.1, 0.15) is 89.6 Å². The van der Waals surface area contributed by atoms with E-state index in [1.807, 2.05) is 12.1 Å². The average molecular weight is 503 g/mol. The Bertz CT molecular complexity index is 1270. The molecule has 3 aromatic carbocycles. The van der Waals surface area contributed by atoms with E-state index in [1.165, 1.54) is 12.8 Å². The highest BCUT2D eigenvalue weighted by atomic mass is 16.5. The van der Waals surface area contributed by atoms with Gasteiger partial charge in [-0.2, -0.15) is 0 Å². The molecule has 0 amide bonds. The first-order chi connectivity index (χ1) is 17.4. The van der Waals surface area contributed by atoms with Crippen LogP contribution in [0, 0.1) is 11.3 Å². The first kappa shape index (κ1) is 27.2. The number of carboxylic acid groups (broad SMARTS) is 1. The zero-order valence-corrected chi connectivity index (χ0v) is 23.5. The number of aromatic carboxylic acids is 1. The Hall–Kier alpha value is -2.85. The Labute approximate surface area is 222 Å². The minimum absolute atomic E-state index is 0.175. The Morgan fingerprint density at radius 3 is 2.22 bits per heavy atom. The number of carbonyl (C=O) groups is 1. The van der Waals surface area contributed by atoms with Crippen LogP contribution < -0.4 is 4.74 Å². The van der Waals surface area contributed by atoms with Crippen molar-refractivity contribution in [3.05, 3.63) is 65.7 Å². The van der Waals surface area contributed by atoms with Crippen LogP contribution in [-0.2, 0) is 10.3 Å². The summed E-state index contributed by atoms with van der Waals surface area (Å²) >= 11 is 0. The number of carboxylic acids is 1. The zero-order chi connectivity index (χ0) is 27.0. The van der Waals surface area contributed by atoms with Gasteiger partial charge in [-0.25, -0.2) is 4.79 Å². The topological polar surface area (TPSA) is 55.8 Å². The van der Waals surface area contributed by atoms with Gasteiger partial charge in [-0.1, -0.05) is 58.4 Å². The predicted octanol–water partition coefficient (Wildman–Crippen LogP) is 8.85. The van der Waals surface area contributed by atoms with Crippen LogP contribution in [0.5, 0.6) is 5.75 Å². The number of rotatable bonds is 4. The summed E-state index contributed by atoms with van der Waals surface area (Å²) in [5.74, 6) is 0.601. The van der Waals surface area contributed by atoms with Gasteiger partial charge in [-0.15, -0.1) is 0 Å². The predicted molar refractivity (Wildman–Crippen MR) is 151 cm³/mol. The maximum Gasteiger partial charge on any atom is 0.335 e. The molecule has 0 spiro atoms. The Morgan fingerprint density at radius 1 is 0.919 bits per heavy atom. The third kappa shape index (κ3) is 5.70. The van der Waals surface area contributed by atoms with Gasteiger partial charge in [0.2, 0.25) is 0 Å². The molecule has 3 aromatic rings. The average Bonchev–Trinajstić information content (AvgIpc) is 2.81. The minimum Gasteiger partial charge on any atom is -0.496 e. The standard InChI is InChI=1S/C30H34O4.C3H8/c1-28(2)15-19-16-29(3,4)34-30(17-19,18-28)25-14-23(10-11-26(25)33-5)21-6-7-22-13-24(27(31)32)9-8-20(22)12-21;1-3-2/h6-14,19H,15-18H2,1-5H3,(H,31,32);3H2,1-2H3. The lowest BCUT2D eigenvalue weighted by molar-refractivity contribution is -0.232. The van der Waals surface area contributed by atoms with Gasteiger partial charge in [-0.05, 0) is 103 Å². The summed E-state index contributed by atoms with van der Waals surface area (Å²) in [6.45, 7) is 13.4.